The Balaban J connectivity index is 1.58. The number of amides is 1. The van der Waals surface area contributed by atoms with E-state index in [1.807, 2.05) is 40.2 Å². The summed E-state index contributed by atoms with van der Waals surface area (Å²) in [6.07, 6.45) is 6.66. The SMILES string of the molecule is COc1ccc(-c2cn3c(C(=O)NC4CCCCC4C)csc3n2)cc1. The van der Waals surface area contributed by atoms with Crippen LogP contribution in [0.1, 0.15) is 43.1 Å². The summed E-state index contributed by atoms with van der Waals surface area (Å²) in [4.78, 5) is 18.3. The van der Waals surface area contributed by atoms with Crippen molar-refractivity contribution in [2.75, 3.05) is 7.11 Å². The van der Waals surface area contributed by atoms with Gasteiger partial charge in [0.1, 0.15) is 11.4 Å². The largest absolute Gasteiger partial charge is 0.497 e. The van der Waals surface area contributed by atoms with Gasteiger partial charge < -0.3 is 10.1 Å². The molecule has 5 nitrogen and oxygen atoms in total. The minimum atomic E-state index is -0.00585. The van der Waals surface area contributed by atoms with Gasteiger partial charge in [-0.15, -0.1) is 11.3 Å². The summed E-state index contributed by atoms with van der Waals surface area (Å²) >= 11 is 1.49. The molecule has 136 valence electrons. The second-order valence-electron chi connectivity index (χ2n) is 6.97. The zero-order valence-electron chi connectivity index (χ0n) is 15.1. The van der Waals surface area contributed by atoms with E-state index in [4.69, 9.17) is 4.74 Å². The Bertz CT molecular complexity index is 913. The van der Waals surface area contributed by atoms with E-state index in [0.717, 1.165) is 28.4 Å². The molecule has 0 bridgehead atoms. The summed E-state index contributed by atoms with van der Waals surface area (Å²) in [7, 11) is 1.65. The predicted molar refractivity (Wildman–Crippen MR) is 104 cm³/mol. The van der Waals surface area contributed by atoms with Gasteiger partial charge in [-0.25, -0.2) is 4.98 Å². The van der Waals surface area contributed by atoms with Crippen LogP contribution in [0, 0.1) is 5.92 Å². The lowest BCUT2D eigenvalue weighted by Gasteiger charge is -2.29. The van der Waals surface area contributed by atoms with E-state index in [-0.39, 0.29) is 11.9 Å². The first-order valence-corrected chi connectivity index (χ1v) is 9.95. The van der Waals surface area contributed by atoms with Crippen molar-refractivity contribution in [1.82, 2.24) is 14.7 Å². The molecule has 26 heavy (non-hydrogen) atoms. The first kappa shape index (κ1) is 17.1. The molecule has 2 heterocycles. The summed E-state index contributed by atoms with van der Waals surface area (Å²) in [5.74, 6) is 1.35. The first-order valence-electron chi connectivity index (χ1n) is 9.07. The number of methoxy groups -OCH3 is 1. The van der Waals surface area contributed by atoms with Gasteiger partial charge in [0.05, 0.1) is 12.8 Å². The lowest BCUT2D eigenvalue weighted by Crippen LogP contribution is -2.41. The van der Waals surface area contributed by atoms with E-state index in [2.05, 4.69) is 17.2 Å². The average Bonchev–Trinajstić information content (AvgIpc) is 3.24. The third-order valence-electron chi connectivity index (χ3n) is 5.26. The maximum absolute atomic E-state index is 12.8. The lowest BCUT2D eigenvalue weighted by molar-refractivity contribution is 0.0904. The molecule has 2 atom stereocenters. The van der Waals surface area contributed by atoms with Crippen LogP contribution >= 0.6 is 11.3 Å². The standard InChI is InChI=1S/C20H23N3O2S/c1-13-5-3-4-6-16(13)21-19(24)18-12-26-20-22-17(11-23(18)20)14-7-9-15(25-2)10-8-14/h7-13,16H,3-6H2,1-2H3,(H,21,24). The van der Waals surface area contributed by atoms with Gasteiger partial charge in [0.2, 0.25) is 0 Å². The van der Waals surface area contributed by atoms with Crippen LogP contribution in [0.5, 0.6) is 5.75 Å². The third-order valence-corrected chi connectivity index (χ3v) is 6.10. The third kappa shape index (κ3) is 3.21. The van der Waals surface area contributed by atoms with Crippen LogP contribution in [-0.2, 0) is 0 Å². The van der Waals surface area contributed by atoms with E-state index in [1.54, 1.807) is 7.11 Å². The number of hydrogen-bond acceptors (Lipinski definition) is 4. The van der Waals surface area contributed by atoms with Crippen LogP contribution < -0.4 is 10.1 Å². The molecule has 0 saturated heterocycles. The van der Waals surface area contributed by atoms with Crippen LogP contribution in [-0.4, -0.2) is 28.4 Å². The zero-order chi connectivity index (χ0) is 18.1. The number of benzene rings is 1. The molecule has 2 unspecified atom stereocenters. The zero-order valence-corrected chi connectivity index (χ0v) is 15.9. The quantitative estimate of drug-likeness (QED) is 0.742. The topological polar surface area (TPSA) is 55.6 Å². The van der Waals surface area contributed by atoms with Crippen LogP contribution in [0.3, 0.4) is 0 Å². The number of carbonyl (C=O) groups is 1. The summed E-state index contributed by atoms with van der Waals surface area (Å²) < 4.78 is 7.10. The highest BCUT2D eigenvalue weighted by Crippen LogP contribution is 2.27. The van der Waals surface area contributed by atoms with Crippen LogP contribution in [0.4, 0.5) is 0 Å². The van der Waals surface area contributed by atoms with Crippen molar-refractivity contribution in [2.45, 2.75) is 38.6 Å². The molecule has 2 aromatic heterocycles. The van der Waals surface area contributed by atoms with Crippen LogP contribution in [0.15, 0.2) is 35.8 Å². The minimum absolute atomic E-state index is 0.00585. The van der Waals surface area contributed by atoms with E-state index in [0.29, 0.717) is 11.6 Å². The van der Waals surface area contributed by atoms with Crippen molar-refractivity contribution in [2.24, 2.45) is 5.92 Å². The molecule has 1 aromatic carbocycles. The maximum atomic E-state index is 12.8. The van der Waals surface area contributed by atoms with E-state index in [1.165, 1.54) is 30.6 Å². The molecule has 1 N–H and O–H groups in total. The average molecular weight is 369 g/mol. The number of nitrogens with one attached hydrogen (secondary N) is 1. The normalized spacial score (nSPS) is 20.2. The Labute approximate surface area is 157 Å². The van der Waals surface area contributed by atoms with Crippen LogP contribution in [0.25, 0.3) is 16.2 Å². The molecule has 1 saturated carbocycles. The van der Waals surface area contributed by atoms with Crippen molar-refractivity contribution in [3.05, 3.63) is 41.5 Å². The monoisotopic (exact) mass is 369 g/mol. The number of carbonyl (C=O) groups excluding carboxylic acids is 1. The van der Waals surface area contributed by atoms with Gasteiger partial charge in [-0.1, -0.05) is 19.8 Å². The van der Waals surface area contributed by atoms with E-state index in [9.17, 15) is 4.79 Å². The van der Waals surface area contributed by atoms with Gasteiger partial charge in [-0.3, -0.25) is 9.20 Å². The summed E-state index contributed by atoms with van der Waals surface area (Å²) in [5, 5.41) is 5.12. The first-order chi connectivity index (χ1) is 12.7. The summed E-state index contributed by atoms with van der Waals surface area (Å²) in [5.41, 5.74) is 2.53. The predicted octanol–water partition coefficient (Wildman–Crippen LogP) is 4.38. The molecule has 1 amide bonds. The lowest BCUT2D eigenvalue weighted by atomic mass is 9.86. The van der Waals surface area contributed by atoms with Gasteiger partial charge in [0.15, 0.2) is 4.96 Å². The van der Waals surface area contributed by atoms with Gasteiger partial charge in [-0.05, 0) is 43.0 Å². The molecular formula is C20H23N3O2S. The maximum Gasteiger partial charge on any atom is 0.269 e. The second kappa shape index (κ2) is 7.11. The van der Waals surface area contributed by atoms with Gasteiger partial charge in [0, 0.05) is 23.2 Å². The number of ether oxygens (including phenoxy) is 1. The highest BCUT2D eigenvalue weighted by molar-refractivity contribution is 7.15. The molecular weight excluding hydrogens is 346 g/mol. The fourth-order valence-electron chi connectivity index (χ4n) is 3.62. The number of fused-ring (bicyclic) bond motifs is 1. The van der Waals surface area contributed by atoms with Crippen molar-refractivity contribution in [3.63, 3.8) is 0 Å². The Morgan fingerprint density at radius 3 is 2.77 bits per heavy atom. The van der Waals surface area contributed by atoms with Gasteiger partial charge >= 0.3 is 0 Å². The Morgan fingerprint density at radius 2 is 2.04 bits per heavy atom. The fourth-order valence-corrected chi connectivity index (χ4v) is 4.47. The molecule has 0 spiro atoms. The Morgan fingerprint density at radius 1 is 1.27 bits per heavy atom. The molecule has 6 heteroatoms. The number of nitrogens with zero attached hydrogens (tertiary/aromatic N) is 2. The highest BCUT2D eigenvalue weighted by Gasteiger charge is 2.24. The molecule has 0 aliphatic heterocycles. The highest BCUT2D eigenvalue weighted by atomic mass is 32.1. The van der Waals surface area contributed by atoms with Crippen molar-refractivity contribution in [1.29, 1.82) is 0 Å². The molecule has 1 aliphatic rings. The second-order valence-corrected chi connectivity index (χ2v) is 7.81. The summed E-state index contributed by atoms with van der Waals surface area (Å²) in [6, 6.07) is 8.07. The number of thiazole rings is 1. The molecule has 1 aliphatic carbocycles. The Kier molecular flexibility index (Phi) is 4.68. The van der Waals surface area contributed by atoms with Crippen molar-refractivity contribution in [3.8, 4) is 17.0 Å². The van der Waals surface area contributed by atoms with E-state index >= 15 is 0 Å². The minimum Gasteiger partial charge on any atom is -0.497 e. The molecule has 3 aromatic rings. The van der Waals surface area contributed by atoms with E-state index < -0.39 is 0 Å². The number of imidazole rings is 1. The number of hydrogen-bond donors (Lipinski definition) is 1. The van der Waals surface area contributed by atoms with Gasteiger partial charge in [-0.2, -0.15) is 0 Å². The summed E-state index contributed by atoms with van der Waals surface area (Å²) in [6.45, 7) is 2.23. The molecule has 4 rings (SSSR count). The van der Waals surface area contributed by atoms with Crippen LogP contribution in [0.2, 0.25) is 0 Å². The molecule has 1 fully saturated rings. The smallest absolute Gasteiger partial charge is 0.269 e. The van der Waals surface area contributed by atoms with Crippen molar-refractivity contribution >= 4 is 22.2 Å². The number of aromatic nitrogens is 2. The van der Waals surface area contributed by atoms with Gasteiger partial charge in [0.25, 0.3) is 5.91 Å². The fraction of sp³-hybridized carbons (Fsp3) is 0.400. The number of rotatable bonds is 4. The Hall–Kier alpha value is -2.34. The molecule has 0 radical (unpaired) electrons. The van der Waals surface area contributed by atoms with Crippen molar-refractivity contribution < 1.29 is 9.53 Å².